The highest BCUT2D eigenvalue weighted by molar-refractivity contribution is 6.30. The van der Waals surface area contributed by atoms with Gasteiger partial charge in [-0.1, -0.05) is 30.7 Å². The molecule has 6 nitrogen and oxygen atoms in total. The molecule has 1 N–H and O–H groups in total. The molecule has 1 heterocycles. The molecule has 1 aromatic rings. The number of hydrogen-bond donors (Lipinski definition) is 1. The minimum absolute atomic E-state index is 0.0763. The Labute approximate surface area is 164 Å². The van der Waals surface area contributed by atoms with Crippen LogP contribution < -0.4 is 5.32 Å². The molecular formula is C20H25ClN2O4. The Bertz CT molecular complexity index is 760. The van der Waals surface area contributed by atoms with Crippen LogP contribution in [-0.4, -0.2) is 42.4 Å². The van der Waals surface area contributed by atoms with Crippen LogP contribution in [0.4, 0.5) is 0 Å². The predicted octanol–water partition coefficient (Wildman–Crippen LogP) is 3.02. The molecule has 27 heavy (non-hydrogen) atoms. The summed E-state index contributed by atoms with van der Waals surface area (Å²) in [7, 11) is 0. The van der Waals surface area contributed by atoms with E-state index in [0.717, 1.165) is 12.0 Å². The van der Waals surface area contributed by atoms with Crippen molar-refractivity contribution in [1.82, 2.24) is 10.2 Å². The van der Waals surface area contributed by atoms with Gasteiger partial charge in [0.15, 0.2) is 0 Å². The number of carbonyl (C=O) groups is 3. The van der Waals surface area contributed by atoms with E-state index >= 15 is 0 Å². The molecule has 146 valence electrons. The quantitative estimate of drug-likeness (QED) is 0.724. The molecule has 2 amide bonds. The third-order valence-corrected chi connectivity index (χ3v) is 4.68. The maximum Gasteiger partial charge on any atom is 0.336 e. The summed E-state index contributed by atoms with van der Waals surface area (Å²) in [5, 5.41) is 3.28. The number of carbonyl (C=O) groups excluding carboxylic acids is 3. The van der Waals surface area contributed by atoms with Gasteiger partial charge in [0.2, 0.25) is 11.8 Å². The summed E-state index contributed by atoms with van der Waals surface area (Å²) < 4.78 is 5.22. The fourth-order valence-corrected chi connectivity index (χ4v) is 3.35. The Morgan fingerprint density at radius 1 is 1.33 bits per heavy atom. The number of nitrogens with zero attached hydrogens (tertiary/aromatic N) is 1. The minimum Gasteiger partial charge on any atom is -0.463 e. The van der Waals surface area contributed by atoms with Gasteiger partial charge in [0.1, 0.15) is 6.54 Å². The highest BCUT2D eigenvalue weighted by Crippen LogP contribution is 2.37. The number of esters is 1. The average Bonchev–Trinajstić information content (AvgIpc) is 2.63. The van der Waals surface area contributed by atoms with Crippen LogP contribution in [0, 0.1) is 0 Å². The van der Waals surface area contributed by atoms with E-state index in [9.17, 15) is 14.4 Å². The van der Waals surface area contributed by atoms with E-state index in [1.54, 1.807) is 32.0 Å². The topological polar surface area (TPSA) is 75.7 Å². The second-order valence-corrected chi connectivity index (χ2v) is 6.80. The second kappa shape index (κ2) is 9.55. The second-order valence-electron chi connectivity index (χ2n) is 6.36. The lowest BCUT2D eigenvalue weighted by molar-refractivity contribution is -0.141. The van der Waals surface area contributed by atoms with Crippen LogP contribution in [0.3, 0.4) is 0 Å². The molecule has 0 bridgehead atoms. The van der Waals surface area contributed by atoms with E-state index in [2.05, 4.69) is 5.32 Å². The molecule has 0 unspecified atom stereocenters. The number of halogens is 1. The summed E-state index contributed by atoms with van der Waals surface area (Å²) in [5.74, 6) is -1.40. The van der Waals surface area contributed by atoms with E-state index in [0.29, 0.717) is 22.8 Å². The van der Waals surface area contributed by atoms with Crippen molar-refractivity contribution in [1.29, 1.82) is 0 Å². The Hall–Kier alpha value is -2.34. The largest absolute Gasteiger partial charge is 0.463 e. The van der Waals surface area contributed by atoms with Gasteiger partial charge in [-0.15, -0.1) is 0 Å². The van der Waals surface area contributed by atoms with Gasteiger partial charge in [0.05, 0.1) is 12.2 Å². The van der Waals surface area contributed by atoms with Crippen LogP contribution in [0.15, 0.2) is 35.5 Å². The van der Waals surface area contributed by atoms with E-state index in [1.807, 2.05) is 13.0 Å². The lowest BCUT2D eigenvalue weighted by atomic mass is 9.83. The normalized spacial score (nSPS) is 17.1. The summed E-state index contributed by atoms with van der Waals surface area (Å²) in [5.41, 5.74) is 1.61. The molecule has 1 aliphatic heterocycles. The van der Waals surface area contributed by atoms with Crippen molar-refractivity contribution in [2.45, 2.75) is 39.5 Å². The molecule has 2 rings (SSSR count). The molecule has 0 spiro atoms. The molecular weight excluding hydrogens is 368 g/mol. The van der Waals surface area contributed by atoms with E-state index < -0.39 is 11.9 Å². The van der Waals surface area contributed by atoms with Crippen molar-refractivity contribution >= 4 is 29.4 Å². The van der Waals surface area contributed by atoms with Gasteiger partial charge in [-0.2, -0.15) is 0 Å². The maximum absolute atomic E-state index is 12.7. The molecule has 0 saturated carbocycles. The summed E-state index contributed by atoms with van der Waals surface area (Å²) in [4.78, 5) is 38.8. The van der Waals surface area contributed by atoms with Crippen LogP contribution in [0.5, 0.6) is 0 Å². The zero-order chi connectivity index (χ0) is 20.0. The van der Waals surface area contributed by atoms with E-state index in [1.165, 1.54) is 4.90 Å². The SMILES string of the molecule is CCCNC(=O)CN1C(=O)C[C@H](c2cccc(Cl)c2)C(C(=O)OCC)=C1C. The molecule has 0 radical (unpaired) electrons. The lowest BCUT2D eigenvalue weighted by Crippen LogP contribution is -2.44. The smallest absolute Gasteiger partial charge is 0.336 e. The van der Waals surface area contributed by atoms with Gasteiger partial charge in [-0.25, -0.2) is 4.79 Å². The Balaban J connectivity index is 2.41. The number of allylic oxidation sites excluding steroid dienone is 1. The zero-order valence-corrected chi connectivity index (χ0v) is 16.6. The Morgan fingerprint density at radius 3 is 2.70 bits per heavy atom. The number of nitrogens with one attached hydrogen (secondary N) is 1. The minimum atomic E-state index is -0.480. The molecule has 1 aliphatic rings. The van der Waals surface area contributed by atoms with E-state index in [-0.39, 0.29) is 31.4 Å². The van der Waals surface area contributed by atoms with Crippen molar-refractivity contribution in [3.8, 4) is 0 Å². The van der Waals surface area contributed by atoms with Crippen LogP contribution in [0.2, 0.25) is 5.02 Å². The fourth-order valence-electron chi connectivity index (χ4n) is 3.15. The molecule has 7 heteroatoms. The third-order valence-electron chi connectivity index (χ3n) is 4.44. The first kappa shape index (κ1) is 21.0. The number of rotatable bonds is 7. The molecule has 0 saturated heterocycles. The summed E-state index contributed by atoms with van der Waals surface area (Å²) in [6, 6.07) is 7.10. The van der Waals surface area contributed by atoms with Gasteiger partial charge in [-0.3, -0.25) is 9.59 Å². The summed E-state index contributed by atoms with van der Waals surface area (Å²) in [6.07, 6.45) is 0.881. The number of ether oxygens (including phenoxy) is 1. The average molecular weight is 393 g/mol. The van der Waals surface area contributed by atoms with Gasteiger partial charge in [0.25, 0.3) is 0 Å². The van der Waals surface area contributed by atoms with Crippen molar-refractivity contribution in [3.05, 3.63) is 46.1 Å². The van der Waals surface area contributed by atoms with Crippen molar-refractivity contribution in [2.75, 3.05) is 19.7 Å². The molecule has 0 fully saturated rings. The van der Waals surface area contributed by atoms with Gasteiger partial charge in [-0.05, 0) is 38.0 Å². The first-order chi connectivity index (χ1) is 12.9. The predicted molar refractivity (Wildman–Crippen MR) is 103 cm³/mol. The van der Waals surface area contributed by atoms with Crippen LogP contribution in [0.1, 0.15) is 45.1 Å². The molecule has 0 aliphatic carbocycles. The van der Waals surface area contributed by atoms with Gasteiger partial charge in [0, 0.05) is 29.6 Å². The first-order valence-electron chi connectivity index (χ1n) is 9.09. The van der Waals surface area contributed by atoms with Gasteiger partial charge < -0.3 is 15.0 Å². The first-order valence-corrected chi connectivity index (χ1v) is 9.47. The maximum atomic E-state index is 12.7. The van der Waals surface area contributed by atoms with Gasteiger partial charge >= 0.3 is 5.97 Å². The molecule has 1 aromatic carbocycles. The zero-order valence-electron chi connectivity index (χ0n) is 15.9. The number of amides is 2. The third kappa shape index (κ3) is 5.10. The molecule has 0 aromatic heterocycles. The van der Waals surface area contributed by atoms with Crippen LogP contribution in [0.25, 0.3) is 0 Å². The summed E-state index contributed by atoms with van der Waals surface area (Å²) >= 11 is 6.09. The highest BCUT2D eigenvalue weighted by atomic mass is 35.5. The number of hydrogen-bond acceptors (Lipinski definition) is 4. The summed E-state index contributed by atoms with van der Waals surface area (Å²) in [6.45, 7) is 6.00. The Kier molecular flexibility index (Phi) is 7.42. The standard InChI is InChI=1S/C20H25ClN2O4/c1-4-9-22-17(24)12-23-13(3)19(20(26)27-5-2)16(11-18(23)25)14-7-6-8-15(21)10-14/h6-8,10,16H,4-5,9,11-12H2,1-3H3,(H,22,24)/t16-/m1/s1. The van der Waals surface area contributed by atoms with Crippen molar-refractivity contribution < 1.29 is 19.1 Å². The van der Waals surface area contributed by atoms with E-state index in [4.69, 9.17) is 16.3 Å². The van der Waals surface area contributed by atoms with Crippen LogP contribution in [-0.2, 0) is 19.1 Å². The Morgan fingerprint density at radius 2 is 2.07 bits per heavy atom. The fraction of sp³-hybridized carbons (Fsp3) is 0.450. The number of benzene rings is 1. The van der Waals surface area contributed by atoms with Crippen LogP contribution >= 0.6 is 11.6 Å². The van der Waals surface area contributed by atoms with Crippen molar-refractivity contribution in [2.24, 2.45) is 0 Å². The lowest BCUT2D eigenvalue weighted by Gasteiger charge is -2.34. The van der Waals surface area contributed by atoms with Crippen molar-refractivity contribution in [3.63, 3.8) is 0 Å². The monoisotopic (exact) mass is 392 g/mol. The highest BCUT2D eigenvalue weighted by Gasteiger charge is 2.37. The molecule has 1 atom stereocenters.